The molecule has 7 heteroatoms. The molecule has 4 rings (SSSR count). The van der Waals surface area contributed by atoms with Crippen LogP contribution in [0.5, 0.6) is 0 Å². The van der Waals surface area contributed by atoms with E-state index in [4.69, 9.17) is 27.6 Å². The zero-order valence-electron chi connectivity index (χ0n) is 17.1. The molecule has 0 spiro atoms. The van der Waals surface area contributed by atoms with Crippen LogP contribution in [0.3, 0.4) is 0 Å². The first-order valence-electron chi connectivity index (χ1n) is 10.5. The molecule has 1 fully saturated rings. The number of piperidine rings is 1. The van der Waals surface area contributed by atoms with Gasteiger partial charge in [-0.1, -0.05) is 48.3 Å². The summed E-state index contributed by atoms with van der Waals surface area (Å²) in [6, 6.07) is 14.9. The second-order valence-corrected chi connectivity index (χ2v) is 8.90. The molecule has 0 radical (unpaired) electrons. The molecule has 162 valence electrons. The first-order valence-corrected chi connectivity index (χ1v) is 11.3. The minimum atomic E-state index is 0. The first-order chi connectivity index (χ1) is 14.1. The maximum Gasteiger partial charge on any atom is 0.296 e. The maximum absolute atomic E-state index is 6.16. The second-order valence-electron chi connectivity index (χ2n) is 8.09. The standard InChI is InChI=1S/C23H27Cl2N3O.ClH/c1-2-18(26-23-27-21-5-3-4-6-22(21)29-23)15-28-11-9-16(10-12-28)13-17-7-8-19(24)20(25)14-17;/h3-8,14,16,18H,2,9-13,15H2,1H3,(H,26,27);1H. The van der Waals surface area contributed by atoms with Crippen molar-refractivity contribution in [1.29, 1.82) is 0 Å². The van der Waals surface area contributed by atoms with Crippen LogP contribution in [-0.4, -0.2) is 30.7 Å². The monoisotopic (exact) mass is 467 g/mol. The number of hydrogen-bond acceptors (Lipinski definition) is 3. The van der Waals surface area contributed by atoms with Crippen molar-refractivity contribution < 1.29 is 21.7 Å². The number of likely N-dealkylation sites (tertiary alicyclic amines) is 1. The van der Waals surface area contributed by atoms with E-state index in [0.717, 1.165) is 36.4 Å². The van der Waals surface area contributed by atoms with Crippen molar-refractivity contribution in [2.24, 2.45) is 5.92 Å². The van der Waals surface area contributed by atoms with Gasteiger partial charge < -0.3 is 27.0 Å². The van der Waals surface area contributed by atoms with Gasteiger partial charge in [0.25, 0.3) is 6.01 Å². The molecular weight excluding hydrogens is 441 g/mol. The first kappa shape index (κ1) is 23.2. The summed E-state index contributed by atoms with van der Waals surface area (Å²) in [6.45, 7) is 5.72. The lowest BCUT2D eigenvalue weighted by atomic mass is 9.90. The Morgan fingerprint density at radius 1 is 1.13 bits per heavy atom. The summed E-state index contributed by atoms with van der Waals surface area (Å²) in [7, 11) is 0. The van der Waals surface area contributed by atoms with Gasteiger partial charge in [-0.05, 0) is 61.4 Å². The second kappa shape index (κ2) is 10.7. The molecule has 0 bridgehead atoms. The number of nitrogens with zero attached hydrogens (tertiary/aromatic N) is 1. The summed E-state index contributed by atoms with van der Waals surface area (Å²) in [6.07, 6.45) is 4.63. The van der Waals surface area contributed by atoms with E-state index in [9.17, 15) is 0 Å². The quantitative estimate of drug-likeness (QED) is 0.556. The summed E-state index contributed by atoms with van der Waals surface area (Å²) < 4.78 is 5.84. The lowest BCUT2D eigenvalue weighted by molar-refractivity contribution is -0.906. The van der Waals surface area contributed by atoms with E-state index >= 15 is 0 Å². The Labute approximate surface area is 194 Å². The van der Waals surface area contributed by atoms with Gasteiger partial charge in [0.15, 0.2) is 5.58 Å². The molecule has 0 aliphatic carbocycles. The molecule has 2 N–H and O–H groups in total. The number of quaternary nitrogens is 1. The molecule has 4 nitrogen and oxygen atoms in total. The Kier molecular flexibility index (Phi) is 8.29. The van der Waals surface area contributed by atoms with E-state index in [1.165, 1.54) is 31.5 Å². The Hall–Kier alpha value is -1.46. The number of hydrogen-bond donors (Lipinski definition) is 2. The Morgan fingerprint density at radius 3 is 2.60 bits per heavy atom. The van der Waals surface area contributed by atoms with Crippen molar-refractivity contribution in [1.82, 2.24) is 4.98 Å². The predicted octanol–water partition coefficient (Wildman–Crippen LogP) is 1.87. The Morgan fingerprint density at radius 2 is 1.90 bits per heavy atom. The number of rotatable bonds is 7. The number of nitrogens with one attached hydrogen (secondary N) is 2. The van der Waals surface area contributed by atoms with Crippen LogP contribution < -0.4 is 22.6 Å². The smallest absolute Gasteiger partial charge is 0.296 e. The molecule has 1 aromatic heterocycles. The average Bonchev–Trinajstić information content (AvgIpc) is 3.14. The molecule has 1 aliphatic heterocycles. The Balaban J connectivity index is 0.00000256. The van der Waals surface area contributed by atoms with Gasteiger partial charge in [0.1, 0.15) is 5.52 Å². The summed E-state index contributed by atoms with van der Waals surface area (Å²) in [4.78, 5) is 6.22. The van der Waals surface area contributed by atoms with Gasteiger partial charge >= 0.3 is 0 Å². The van der Waals surface area contributed by atoms with Crippen molar-refractivity contribution in [2.75, 3.05) is 25.0 Å². The van der Waals surface area contributed by atoms with Crippen LogP contribution in [-0.2, 0) is 6.42 Å². The van der Waals surface area contributed by atoms with E-state index in [-0.39, 0.29) is 12.4 Å². The van der Waals surface area contributed by atoms with E-state index in [2.05, 4.69) is 23.3 Å². The van der Waals surface area contributed by atoms with E-state index in [0.29, 0.717) is 22.1 Å². The fourth-order valence-electron chi connectivity index (χ4n) is 4.25. The van der Waals surface area contributed by atoms with Crippen molar-refractivity contribution in [2.45, 2.75) is 38.6 Å². The molecule has 3 aromatic rings. The maximum atomic E-state index is 6.16. The number of fused-ring (bicyclic) bond motifs is 1. The third-order valence-electron chi connectivity index (χ3n) is 5.97. The van der Waals surface area contributed by atoms with E-state index < -0.39 is 0 Å². The zero-order valence-corrected chi connectivity index (χ0v) is 19.4. The van der Waals surface area contributed by atoms with Gasteiger partial charge in [-0.3, -0.25) is 0 Å². The number of anilines is 1. The van der Waals surface area contributed by atoms with Gasteiger partial charge in [-0.25, -0.2) is 0 Å². The van der Waals surface area contributed by atoms with Crippen LogP contribution in [0, 0.1) is 5.92 Å². The van der Waals surface area contributed by atoms with Crippen molar-refractivity contribution in [3.63, 3.8) is 0 Å². The summed E-state index contributed by atoms with van der Waals surface area (Å²) in [5.74, 6) is 0.723. The van der Waals surface area contributed by atoms with Gasteiger partial charge in [0, 0.05) is 0 Å². The summed E-state index contributed by atoms with van der Waals surface area (Å²) in [5.41, 5.74) is 3.03. The average molecular weight is 469 g/mol. The van der Waals surface area contributed by atoms with E-state index in [1.807, 2.05) is 36.4 Å². The number of aromatic nitrogens is 1. The highest BCUT2D eigenvalue weighted by molar-refractivity contribution is 6.42. The minimum Gasteiger partial charge on any atom is -1.00 e. The number of benzene rings is 2. The van der Waals surface area contributed by atoms with Crippen molar-refractivity contribution in [3.05, 3.63) is 58.1 Å². The Bertz CT molecular complexity index is 921. The van der Waals surface area contributed by atoms with Crippen LogP contribution in [0.15, 0.2) is 46.9 Å². The molecule has 2 aromatic carbocycles. The largest absolute Gasteiger partial charge is 1.00 e. The summed E-state index contributed by atoms with van der Waals surface area (Å²) in [5, 5.41) is 4.79. The van der Waals surface area contributed by atoms with Gasteiger partial charge in [0.2, 0.25) is 0 Å². The molecule has 30 heavy (non-hydrogen) atoms. The van der Waals surface area contributed by atoms with E-state index in [1.54, 1.807) is 4.90 Å². The number of oxazole rings is 1. The van der Waals surface area contributed by atoms with Crippen LogP contribution in [0.1, 0.15) is 31.7 Å². The third kappa shape index (κ3) is 5.82. The molecule has 1 atom stereocenters. The highest BCUT2D eigenvalue weighted by atomic mass is 35.5. The number of halogens is 3. The lowest BCUT2D eigenvalue weighted by Crippen LogP contribution is -3.14. The molecule has 0 saturated carbocycles. The normalized spacial score (nSPS) is 20.0. The summed E-state index contributed by atoms with van der Waals surface area (Å²) >= 11 is 12.2. The highest BCUT2D eigenvalue weighted by Gasteiger charge is 2.25. The molecule has 1 saturated heterocycles. The fraction of sp³-hybridized carbons (Fsp3) is 0.435. The van der Waals surface area contributed by atoms with Gasteiger partial charge in [0.05, 0.1) is 35.7 Å². The van der Waals surface area contributed by atoms with Crippen molar-refractivity contribution in [3.8, 4) is 0 Å². The molecule has 1 aliphatic rings. The third-order valence-corrected chi connectivity index (χ3v) is 6.71. The topological polar surface area (TPSA) is 42.5 Å². The van der Waals surface area contributed by atoms with Crippen molar-refractivity contribution >= 4 is 40.3 Å². The van der Waals surface area contributed by atoms with Crippen LogP contribution in [0.4, 0.5) is 6.01 Å². The lowest BCUT2D eigenvalue weighted by Gasteiger charge is -2.31. The minimum absolute atomic E-state index is 0. The zero-order chi connectivity index (χ0) is 20.2. The van der Waals surface area contributed by atoms with Gasteiger partial charge in [-0.15, -0.1) is 0 Å². The number of para-hydroxylation sites is 2. The predicted molar refractivity (Wildman–Crippen MR) is 120 cm³/mol. The molecule has 0 amide bonds. The van der Waals surface area contributed by atoms with Gasteiger partial charge in [-0.2, -0.15) is 4.98 Å². The van der Waals surface area contributed by atoms with Crippen LogP contribution in [0.2, 0.25) is 10.0 Å². The molecule has 2 heterocycles. The highest BCUT2D eigenvalue weighted by Crippen LogP contribution is 2.25. The SMILES string of the molecule is CCC(C[NH+]1CCC(Cc2ccc(Cl)c(Cl)c2)CC1)Nc1nc2ccccc2o1.[Cl-]. The van der Waals surface area contributed by atoms with Crippen LogP contribution >= 0.6 is 23.2 Å². The fourth-order valence-corrected chi connectivity index (χ4v) is 4.57. The molecular formula is C23H28Cl3N3O. The molecule has 1 unspecified atom stereocenters. The van der Waals surface area contributed by atoms with Crippen LogP contribution in [0.25, 0.3) is 11.1 Å².